The molecule has 4 heteroatoms. The number of hydrogen-bond donors (Lipinski definition) is 2. The number of rotatable bonds is 4. The van der Waals surface area contributed by atoms with E-state index in [0.29, 0.717) is 12.0 Å². The number of nitrogens with one attached hydrogen (secondary N) is 1. The maximum Gasteiger partial charge on any atom is 0.306 e. The van der Waals surface area contributed by atoms with Crippen LogP contribution in [0.4, 0.5) is 0 Å². The first-order chi connectivity index (χ1) is 10.1. The minimum absolute atomic E-state index is 0.107. The minimum Gasteiger partial charge on any atom is -0.481 e. The van der Waals surface area contributed by atoms with E-state index in [9.17, 15) is 4.79 Å². The number of benzene rings is 1. The maximum absolute atomic E-state index is 11.0. The molecule has 0 aliphatic heterocycles. The summed E-state index contributed by atoms with van der Waals surface area (Å²) >= 11 is 3.64. The van der Waals surface area contributed by atoms with Gasteiger partial charge in [0.2, 0.25) is 0 Å². The van der Waals surface area contributed by atoms with Crippen LogP contribution < -0.4 is 5.32 Å². The molecule has 2 aliphatic rings. The number of halogens is 1. The summed E-state index contributed by atoms with van der Waals surface area (Å²) in [6.45, 7) is 1.02. The van der Waals surface area contributed by atoms with Crippen molar-refractivity contribution in [2.75, 3.05) is 6.54 Å². The van der Waals surface area contributed by atoms with E-state index >= 15 is 0 Å². The summed E-state index contributed by atoms with van der Waals surface area (Å²) in [5.74, 6) is -0.0859. The van der Waals surface area contributed by atoms with Crippen LogP contribution in [0.1, 0.15) is 49.3 Å². The Bertz CT molecular complexity index is 524. The third-order valence-corrected chi connectivity index (χ3v) is 5.81. The number of aliphatic carboxylic acids is 1. The summed E-state index contributed by atoms with van der Waals surface area (Å²) in [6.07, 6.45) is 6.08. The van der Waals surface area contributed by atoms with Gasteiger partial charge in [0.1, 0.15) is 0 Å². The molecule has 21 heavy (non-hydrogen) atoms. The lowest BCUT2D eigenvalue weighted by molar-refractivity contribution is -0.143. The Morgan fingerprint density at radius 2 is 2.00 bits per heavy atom. The number of carbonyl (C=O) groups is 1. The summed E-state index contributed by atoms with van der Waals surface area (Å²) in [7, 11) is 0. The highest BCUT2D eigenvalue weighted by Crippen LogP contribution is 2.36. The van der Waals surface area contributed by atoms with Gasteiger partial charge in [-0.25, -0.2) is 0 Å². The average Bonchev–Trinajstić information content (AvgIpc) is 2.90. The summed E-state index contributed by atoms with van der Waals surface area (Å²) in [5.41, 5.74) is 2.88. The van der Waals surface area contributed by atoms with E-state index in [0.717, 1.165) is 38.6 Å². The minimum atomic E-state index is -0.615. The Labute approximate surface area is 134 Å². The van der Waals surface area contributed by atoms with Crippen molar-refractivity contribution >= 4 is 21.9 Å². The van der Waals surface area contributed by atoms with Gasteiger partial charge in [-0.3, -0.25) is 4.79 Å². The lowest BCUT2D eigenvalue weighted by Crippen LogP contribution is -2.30. The SMILES string of the molecule is O=C(O)C1CCC(CNC2CCc3c(Br)cccc32)CC1. The average molecular weight is 352 g/mol. The number of carboxylic acid groups (broad SMARTS) is 1. The number of hydrogen-bond acceptors (Lipinski definition) is 2. The molecule has 0 amide bonds. The van der Waals surface area contributed by atoms with E-state index in [1.807, 2.05) is 0 Å². The molecule has 3 nitrogen and oxygen atoms in total. The quantitative estimate of drug-likeness (QED) is 0.864. The third-order valence-electron chi connectivity index (χ3n) is 5.06. The van der Waals surface area contributed by atoms with E-state index < -0.39 is 5.97 Å². The van der Waals surface area contributed by atoms with Gasteiger partial charge in [-0.15, -0.1) is 0 Å². The highest BCUT2D eigenvalue weighted by Gasteiger charge is 2.28. The van der Waals surface area contributed by atoms with E-state index in [4.69, 9.17) is 5.11 Å². The van der Waals surface area contributed by atoms with Crippen molar-refractivity contribution in [3.63, 3.8) is 0 Å². The Morgan fingerprint density at radius 1 is 1.24 bits per heavy atom. The Hall–Kier alpha value is -0.870. The fourth-order valence-electron chi connectivity index (χ4n) is 3.74. The van der Waals surface area contributed by atoms with Crippen LogP contribution in [0.2, 0.25) is 0 Å². The molecule has 1 fully saturated rings. The Balaban J connectivity index is 1.52. The zero-order valence-corrected chi connectivity index (χ0v) is 13.7. The van der Waals surface area contributed by atoms with Crippen LogP contribution in [0.15, 0.2) is 22.7 Å². The second-order valence-corrected chi connectivity index (χ2v) is 7.22. The van der Waals surface area contributed by atoms with Crippen LogP contribution in [-0.2, 0) is 11.2 Å². The molecule has 2 aliphatic carbocycles. The zero-order chi connectivity index (χ0) is 14.8. The first kappa shape index (κ1) is 15.0. The Morgan fingerprint density at radius 3 is 2.71 bits per heavy atom. The molecule has 114 valence electrons. The molecule has 0 aromatic heterocycles. The van der Waals surface area contributed by atoms with Crippen molar-refractivity contribution in [3.05, 3.63) is 33.8 Å². The molecular formula is C17H22BrNO2. The van der Waals surface area contributed by atoms with E-state index in [1.165, 1.54) is 22.0 Å². The molecule has 1 aromatic carbocycles. The predicted octanol–water partition coefficient (Wildman–Crippen LogP) is 3.92. The monoisotopic (exact) mass is 351 g/mol. The zero-order valence-electron chi connectivity index (χ0n) is 12.1. The van der Waals surface area contributed by atoms with Gasteiger partial charge in [0.05, 0.1) is 5.92 Å². The van der Waals surface area contributed by atoms with Gasteiger partial charge < -0.3 is 10.4 Å². The van der Waals surface area contributed by atoms with Crippen LogP contribution in [0.3, 0.4) is 0 Å². The van der Waals surface area contributed by atoms with Crippen LogP contribution >= 0.6 is 15.9 Å². The second kappa shape index (κ2) is 6.49. The summed E-state index contributed by atoms with van der Waals surface area (Å²) in [5, 5.41) is 12.8. The van der Waals surface area contributed by atoms with Crippen LogP contribution in [0.5, 0.6) is 0 Å². The fourth-order valence-corrected chi connectivity index (χ4v) is 4.32. The molecule has 1 saturated carbocycles. The first-order valence-corrected chi connectivity index (χ1v) is 8.68. The molecule has 1 unspecified atom stereocenters. The molecular weight excluding hydrogens is 330 g/mol. The van der Waals surface area contributed by atoms with Gasteiger partial charge in [-0.2, -0.15) is 0 Å². The van der Waals surface area contributed by atoms with E-state index in [-0.39, 0.29) is 5.92 Å². The normalized spacial score (nSPS) is 28.3. The van der Waals surface area contributed by atoms with E-state index in [1.54, 1.807) is 0 Å². The maximum atomic E-state index is 11.0. The van der Waals surface area contributed by atoms with Crippen LogP contribution in [0, 0.1) is 11.8 Å². The smallest absolute Gasteiger partial charge is 0.306 e. The van der Waals surface area contributed by atoms with Gasteiger partial charge in [-0.1, -0.05) is 28.1 Å². The van der Waals surface area contributed by atoms with Gasteiger partial charge >= 0.3 is 5.97 Å². The molecule has 1 atom stereocenters. The predicted molar refractivity (Wildman–Crippen MR) is 86.3 cm³/mol. The van der Waals surface area contributed by atoms with Crippen molar-refractivity contribution in [3.8, 4) is 0 Å². The lowest BCUT2D eigenvalue weighted by Gasteiger charge is -2.27. The molecule has 2 N–H and O–H groups in total. The molecule has 0 saturated heterocycles. The first-order valence-electron chi connectivity index (χ1n) is 7.88. The Kier molecular flexibility index (Phi) is 4.65. The van der Waals surface area contributed by atoms with Crippen LogP contribution in [-0.4, -0.2) is 17.6 Å². The highest BCUT2D eigenvalue weighted by atomic mass is 79.9. The van der Waals surface area contributed by atoms with Crippen molar-refractivity contribution in [2.45, 2.75) is 44.6 Å². The summed E-state index contributed by atoms with van der Waals surface area (Å²) < 4.78 is 1.23. The van der Waals surface area contributed by atoms with Crippen molar-refractivity contribution in [1.29, 1.82) is 0 Å². The topological polar surface area (TPSA) is 49.3 Å². The summed E-state index contributed by atoms with van der Waals surface area (Å²) in [6, 6.07) is 6.93. The largest absolute Gasteiger partial charge is 0.481 e. The standard InChI is InChI=1S/C17H22BrNO2/c18-15-3-1-2-14-13(15)8-9-16(14)19-10-11-4-6-12(7-5-11)17(20)21/h1-3,11-12,16,19H,4-10H2,(H,20,21). The molecule has 0 heterocycles. The third kappa shape index (κ3) is 3.32. The van der Waals surface area contributed by atoms with Gasteiger partial charge in [0, 0.05) is 10.5 Å². The molecule has 1 aromatic rings. The van der Waals surface area contributed by atoms with Gasteiger partial charge in [0.25, 0.3) is 0 Å². The second-order valence-electron chi connectivity index (χ2n) is 6.36. The van der Waals surface area contributed by atoms with Crippen molar-refractivity contribution in [2.24, 2.45) is 11.8 Å². The van der Waals surface area contributed by atoms with E-state index in [2.05, 4.69) is 39.4 Å². The molecule has 0 radical (unpaired) electrons. The number of carboxylic acids is 1. The lowest BCUT2D eigenvalue weighted by atomic mass is 9.82. The fraction of sp³-hybridized carbons (Fsp3) is 0.588. The highest BCUT2D eigenvalue weighted by molar-refractivity contribution is 9.10. The van der Waals surface area contributed by atoms with Gasteiger partial charge in [-0.05, 0) is 68.2 Å². The van der Waals surface area contributed by atoms with Crippen molar-refractivity contribution in [1.82, 2.24) is 5.32 Å². The van der Waals surface area contributed by atoms with Crippen molar-refractivity contribution < 1.29 is 9.90 Å². The molecule has 0 bridgehead atoms. The molecule has 0 spiro atoms. The van der Waals surface area contributed by atoms with Gasteiger partial charge in [0.15, 0.2) is 0 Å². The molecule has 3 rings (SSSR count). The number of fused-ring (bicyclic) bond motifs is 1. The summed E-state index contributed by atoms with van der Waals surface area (Å²) in [4.78, 5) is 11.0. The van der Waals surface area contributed by atoms with Crippen LogP contribution in [0.25, 0.3) is 0 Å².